The van der Waals surface area contributed by atoms with E-state index in [-0.39, 0.29) is 23.1 Å². The fourth-order valence-corrected chi connectivity index (χ4v) is 7.42. The van der Waals surface area contributed by atoms with Gasteiger partial charge in [0.2, 0.25) is 5.28 Å². The van der Waals surface area contributed by atoms with Crippen molar-refractivity contribution in [2.45, 2.75) is 43.9 Å². The van der Waals surface area contributed by atoms with E-state index in [1.807, 2.05) is 35.0 Å². The number of aliphatic hydroxyl groups excluding tert-OH is 2. The van der Waals surface area contributed by atoms with Gasteiger partial charge in [-0.05, 0) is 61.4 Å². The lowest BCUT2D eigenvalue weighted by atomic mass is 9.82. The molecule has 8 nitrogen and oxygen atoms in total. The van der Waals surface area contributed by atoms with Gasteiger partial charge in [-0.3, -0.25) is 4.90 Å². The second-order valence-electron chi connectivity index (χ2n) is 10.7. The van der Waals surface area contributed by atoms with Gasteiger partial charge in [0.1, 0.15) is 22.6 Å². The summed E-state index contributed by atoms with van der Waals surface area (Å²) in [5.41, 5.74) is 9.91. The number of nitrogens with two attached hydrogens (primary N) is 1. The molecule has 4 heterocycles. The summed E-state index contributed by atoms with van der Waals surface area (Å²) in [5.74, 6) is 0.631. The van der Waals surface area contributed by atoms with Crippen LogP contribution in [0.25, 0.3) is 21.6 Å². The third kappa shape index (κ3) is 5.10. The number of aliphatic hydroxyl groups is 2. The summed E-state index contributed by atoms with van der Waals surface area (Å²) >= 11 is 7.80. The Labute approximate surface area is 236 Å². The molecule has 0 amide bonds. The first-order chi connectivity index (χ1) is 18.9. The van der Waals surface area contributed by atoms with Crippen LogP contribution in [0.2, 0.25) is 5.28 Å². The summed E-state index contributed by atoms with van der Waals surface area (Å²) in [6, 6.07) is 9.87. The molecule has 2 fully saturated rings. The predicted molar refractivity (Wildman–Crippen MR) is 156 cm³/mol. The molecule has 4 aromatic rings. The summed E-state index contributed by atoms with van der Waals surface area (Å²) in [5, 5.41) is 26.0. The molecule has 1 aliphatic carbocycles. The van der Waals surface area contributed by atoms with Crippen LogP contribution in [-0.2, 0) is 6.42 Å². The van der Waals surface area contributed by atoms with Crippen LogP contribution in [0.15, 0.2) is 54.6 Å². The van der Waals surface area contributed by atoms with Crippen molar-refractivity contribution in [1.29, 1.82) is 0 Å². The molecule has 1 saturated carbocycles. The van der Waals surface area contributed by atoms with Gasteiger partial charge < -0.3 is 20.5 Å². The number of thiazole rings is 1. The van der Waals surface area contributed by atoms with Crippen LogP contribution in [0.5, 0.6) is 0 Å². The highest BCUT2D eigenvalue weighted by Gasteiger charge is 2.46. The van der Waals surface area contributed by atoms with Crippen molar-refractivity contribution in [2.75, 3.05) is 25.4 Å². The number of benzene rings is 1. The Morgan fingerprint density at radius 3 is 2.62 bits per heavy atom. The third-order valence-electron chi connectivity index (χ3n) is 8.36. The first kappa shape index (κ1) is 26.4. The van der Waals surface area contributed by atoms with E-state index in [1.165, 1.54) is 5.56 Å². The number of fused-ring (bicyclic) bond motifs is 1. The number of nitrogen functional groups attached to an aromatic ring is 1. The molecule has 2 aliphatic rings. The number of hydrogen-bond donors (Lipinski definition) is 3. The molecule has 4 N–H and O–H groups in total. The van der Waals surface area contributed by atoms with Gasteiger partial charge in [0.15, 0.2) is 0 Å². The molecular weight excluding hydrogens is 532 g/mol. The molecule has 3 aromatic heterocycles. The molecule has 0 bridgehead atoms. The van der Waals surface area contributed by atoms with E-state index in [0.717, 1.165) is 55.2 Å². The number of likely N-dealkylation sites (tertiary alicyclic amines) is 1. The van der Waals surface area contributed by atoms with Crippen molar-refractivity contribution in [3.63, 3.8) is 0 Å². The molecule has 204 valence electrons. The van der Waals surface area contributed by atoms with Gasteiger partial charge in [-0.25, -0.2) is 9.97 Å². The van der Waals surface area contributed by atoms with Gasteiger partial charge in [-0.15, -0.1) is 17.9 Å². The second-order valence-corrected chi connectivity index (χ2v) is 11.9. The Hall–Kier alpha value is -2.82. The molecule has 0 spiro atoms. The molecule has 0 unspecified atom stereocenters. The Bertz CT molecular complexity index is 1470. The van der Waals surface area contributed by atoms with Gasteiger partial charge in [-0.1, -0.05) is 36.4 Å². The number of piperidine rings is 1. The van der Waals surface area contributed by atoms with Crippen LogP contribution < -0.4 is 5.73 Å². The average molecular weight is 565 g/mol. The Kier molecular flexibility index (Phi) is 7.43. The topological polar surface area (TPSA) is 113 Å². The zero-order valence-corrected chi connectivity index (χ0v) is 23.2. The molecule has 6 rings (SSSR count). The van der Waals surface area contributed by atoms with Gasteiger partial charge >= 0.3 is 0 Å². The number of hydrogen-bond acceptors (Lipinski definition) is 8. The van der Waals surface area contributed by atoms with Gasteiger partial charge in [-0.2, -0.15) is 4.98 Å². The maximum Gasteiger partial charge on any atom is 0.226 e. The molecule has 39 heavy (non-hydrogen) atoms. The normalized spacial score (nSPS) is 24.5. The van der Waals surface area contributed by atoms with Crippen LogP contribution in [0, 0.1) is 11.8 Å². The van der Waals surface area contributed by atoms with E-state index in [4.69, 9.17) is 22.3 Å². The van der Waals surface area contributed by atoms with Crippen molar-refractivity contribution in [2.24, 2.45) is 11.8 Å². The second kappa shape index (κ2) is 11.0. The molecule has 1 aliphatic heterocycles. The zero-order valence-electron chi connectivity index (χ0n) is 21.7. The maximum atomic E-state index is 11.3. The molecule has 4 atom stereocenters. The molecule has 0 radical (unpaired) electrons. The fraction of sp³-hybridized carbons (Fsp3) is 0.414. The van der Waals surface area contributed by atoms with E-state index in [1.54, 1.807) is 11.3 Å². The van der Waals surface area contributed by atoms with E-state index in [2.05, 4.69) is 39.0 Å². The van der Waals surface area contributed by atoms with E-state index in [0.29, 0.717) is 23.4 Å². The number of anilines is 1. The lowest BCUT2D eigenvalue weighted by Crippen LogP contribution is -2.39. The maximum absolute atomic E-state index is 11.3. The summed E-state index contributed by atoms with van der Waals surface area (Å²) < 4.78 is 1.94. The molecule has 1 saturated heterocycles. The van der Waals surface area contributed by atoms with Gasteiger partial charge in [0, 0.05) is 30.1 Å². The van der Waals surface area contributed by atoms with Crippen LogP contribution in [0.1, 0.15) is 36.6 Å². The Morgan fingerprint density at radius 1 is 1.10 bits per heavy atom. The zero-order chi connectivity index (χ0) is 27.1. The first-order valence-electron chi connectivity index (χ1n) is 13.4. The van der Waals surface area contributed by atoms with Crippen LogP contribution in [-0.4, -0.2) is 66.5 Å². The minimum atomic E-state index is -0.926. The van der Waals surface area contributed by atoms with Crippen LogP contribution in [0.4, 0.5) is 5.82 Å². The lowest BCUT2D eigenvalue weighted by Gasteiger charge is -2.35. The standard InChI is InChI=1S/C29H33ClN6O2S/c1-2-10-35-11-8-18(9-12-35)20-14-22(25(38)24(20)37)36-15-21(23-26(31)33-29(30)34-27(23)36)28-32-19(16-39-28)13-17-6-4-3-5-7-17/h2-7,15-16,18,20,22,24-25,37-38H,1,8-14H2,(H2,31,33,34)/t20-,22-,24-,25+/m1/s1. The molecule has 10 heteroatoms. The van der Waals surface area contributed by atoms with E-state index in [9.17, 15) is 10.2 Å². The van der Waals surface area contributed by atoms with Crippen molar-refractivity contribution < 1.29 is 10.2 Å². The third-order valence-corrected chi connectivity index (χ3v) is 9.46. The Morgan fingerprint density at radius 2 is 1.87 bits per heavy atom. The predicted octanol–water partition coefficient (Wildman–Crippen LogP) is 4.56. The Balaban J connectivity index is 1.32. The monoisotopic (exact) mass is 564 g/mol. The highest BCUT2D eigenvalue weighted by molar-refractivity contribution is 7.13. The summed E-state index contributed by atoms with van der Waals surface area (Å²) in [6.45, 7) is 6.69. The van der Waals surface area contributed by atoms with Crippen molar-refractivity contribution in [3.8, 4) is 10.6 Å². The summed E-state index contributed by atoms with van der Waals surface area (Å²) in [4.78, 5) is 16.0. The van der Waals surface area contributed by atoms with Crippen molar-refractivity contribution in [3.05, 3.63) is 71.1 Å². The number of halogens is 1. The van der Waals surface area contributed by atoms with Crippen molar-refractivity contribution >= 4 is 39.8 Å². The SMILES string of the molecule is C=CCN1CCC([C@H]2C[C@@H](n3cc(-c4nc(Cc5ccccc5)cs4)c4c(N)nc(Cl)nc43)[C@H](O)[C@@H]2O)CC1. The van der Waals surface area contributed by atoms with E-state index < -0.39 is 12.2 Å². The first-order valence-corrected chi connectivity index (χ1v) is 14.7. The number of nitrogens with zero attached hydrogens (tertiary/aromatic N) is 5. The number of rotatable bonds is 7. The fourth-order valence-electron chi connectivity index (χ4n) is 6.41. The highest BCUT2D eigenvalue weighted by atomic mass is 35.5. The molecular formula is C29H33ClN6O2S. The minimum absolute atomic E-state index is 0.00350. The van der Waals surface area contributed by atoms with Gasteiger partial charge in [0.25, 0.3) is 0 Å². The quantitative estimate of drug-likeness (QED) is 0.223. The average Bonchev–Trinajstić information content (AvgIpc) is 3.62. The highest BCUT2D eigenvalue weighted by Crippen LogP contribution is 2.46. The summed E-state index contributed by atoms with van der Waals surface area (Å²) in [6.07, 6.45) is 5.53. The smallest absolute Gasteiger partial charge is 0.226 e. The van der Waals surface area contributed by atoms with E-state index >= 15 is 0 Å². The molecule has 1 aromatic carbocycles. The minimum Gasteiger partial charge on any atom is -0.390 e. The van der Waals surface area contributed by atoms with Crippen molar-refractivity contribution in [1.82, 2.24) is 24.4 Å². The van der Waals surface area contributed by atoms with Gasteiger partial charge in [0.05, 0.1) is 23.2 Å². The van der Waals surface area contributed by atoms with Crippen LogP contribution >= 0.6 is 22.9 Å². The summed E-state index contributed by atoms with van der Waals surface area (Å²) in [7, 11) is 0. The largest absolute Gasteiger partial charge is 0.390 e. The lowest BCUT2D eigenvalue weighted by molar-refractivity contribution is -0.0117. The van der Waals surface area contributed by atoms with Crippen LogP contribution in [0.3, 0.4) is 0 Å². The number of aromatic nitrogens is 4.